The summed E-state index contributed by atoms with van der Waals surface area (Å²) in [4.78, 5) is 5.95. The van der Waals surface area contributed by atoms with E-state index in [9.17, 15) is 0 Å². The molecule has 4 heteroatoms. The van der Waals surface area contributed by atoms with E-state index in [0.717, 1.165) is 41.3 Å². The van der Waals surface area contributed by atoms with E-state index in [2.05, 4.69) is 48.9 Å². The maximum Gasteiger partial charge on any atom is 0.190 e. The normalized spacial score (nSPS) is 12.0. The van der Waals surface area contributed by atoms with Gasteiger partial charge in [-0.2, -0.15) is 0 Å². The summed E-state index contributed by atoms with van der Waals surface area (Å²) in [6.45, 7) is 7.43. The van der Waals surface area contributed by atoms with Crippen LogP contribution in [0.4, 0.5) is 5.69 Å². The summed E-state index contributed by atoms with van der Waals surface area (Å²) in [5.41, 5.74) is 4.66. The van der Waals surface area contributed by atoms with Crippen molar-refractivity contribution in [1.29, 1.82) is 0 Å². The zero-order valence-electron chi connectivity index (χ0n) is 13.9. The lowest BCUT2D eigenvalue weighted by Crippen LogP contribution is -2.15. The van der Waals surface area contributed by atoms with E-state index < -0.39 is 0 Å². The first kappa shape index (κ1) is 15.8. The van der Waals surface area contributed by atoms with Crippen LogP contribution >= 0.6 is 11.3 Å². The summed E-state index contributed by atoms with van der Waals surface area (Å²) in [6.07, 6.45) is 4.01. The van der Waals surface area contributed by atoms with Crippen molar-refractivity contribution in [2.24, 2.45) is 4.99 Å². The van der Waals surface area contributed by atoms with Gasteiger partial charge in [0.1, 0.15) is 0 Å². The van der Waals surface area contributed by atoms with Gasteiger partial charge in [0.05, 0.1) is 17.6 Å². The fraction of sp³-hybridized carbons (Fsp3) is 0.316. The summed E-state index contributed by atoms with van der Waals surface area (Å²) in [7, 11) is 0. The van der Waals surface area contributed by atoms with Crippen molar-refractivity contribution in [1.82, 2.24) is 4.57 Å². The van der Waals surface area contributed by atoms with Crippen LogP contribution in [0.5, 0.6) is 0 Å². The molecule has 0 bridgehead atoms. The molecule has 120 valence electrons. The predicted octanol–water partition coefficient (Wildman–Crippen LogP) is 5.46. The Morgan fingerprint density at radius 1 is 1.17 bits per heavy atom. The SMILES string of the molecule is CCCCn1c(-c2ccco2)csc1=Nc1cccc(C)c1C. The third-order valence-corrected chi connectivity index (χ3v) is 4.96. The van der Waals surface area contributed by atoms with Gasteiger partial charge in [-0.25, -0.2) is 4.99 Å². The number of aryl methyl sites for hydroxylation is 1. The van der Waals surface area contributed by atoms with Gasteiger partial charge >= 0.3 is 0 Å². The third kappa shape index (κ3) is 3.32. The lowest BCUT2D eigenvalue weighted by molar-refractivity contribution is 0.562. The molecule has 0 spiro atoms. The Hall–Kier alpha value is -2.07. The Morgan fingerprint density at radius 2 is 2.04 bits per heavy atom. The molecule has 1 aromatic carbocycles. The quantitative estimate of drug-likeness (QED) is 0.612. The van der Waals surface area contributed by atoms with Crippen LogP contribution in [0.2, 0.25) is 0 Å². The minimum atomic E-state index is 0.903. The topological polar surface area (TPSA) is 30.4 Å². The number of benzene rings is 1. The molecule has 3 nitrogen and oxygen atoms in total. The molecule has 0 aliphatic heterocycles. The second-order valence-electron chi connectivity index (χ2n) is 5.72. The molecule has 0 radical (unpaired) electrons. The Labute approximate surface area is 140 Å². The minimum absolute atomic E-state index is 0.903. The second kappa shape index (κ2) is 7.01. The van der Waals surface area contributed by atoms with E-state index in [4.69, 9.17) is 9.41 Å². The Kier molecular flexibility index (Phi) is 4.82. The molecule has 23 heavy (non-hydrogen) atoms. The van der Waals surface area contributed by atoms with Gasteiger partial charge < -0.3 is 8.98 Å². The molecule has 0 fully saturated rings. The molecule has 3 aromatic rings. The first-order valence-corrected chi connectivity index (χ1v) is 8.92. The molecule has 0 aliphatic rings. The van der Waals surface area contributed by atoms with Crippen LogP contribution in [0, 0.1) is 13.8 Å². The lowest BCUT2D eigenvalue weighted by Gasteiger charge is -2.07. The van der Waals surface area contributed by atoms with Crippen molar-refractivity contribution >= 4 is 17.0 Å². The molecular weight excluding hydrogens is 304 g/mol. The molecule has 0 unspecified atom stereocenters. The highest BCUT2D eigenvalue weighted by Crippen LogP contribution is 2.24. The van der Waals surface area contributed by atoms with Gasteiger partial charge in [0.2, 0.25) is 0 Å². The largest absolute Gasteiger partial charge is 0.463 e. The fourth-order valence-electron chi connectivity index (χ4n) is 2.53. The monoisotopic (exact) mass is 326 g/mol. The summed E-state index contributed by atoms with van der Waals surface area (Å²) >= 11 is 1.67. The Morgan fingerprint density at radius 3 is 2.78 bits per heavy atom. The molecule has 2 aromatic heterocycles. The van der Waals surface area contributed by atoms with Crippen molar-refractivity contribution in [2.75, 3.05) is 0 Å². The molecule has 0 atom stereocenters. The number of furan rings is 1. The van der Waals surface area contributed by atoms with Crippen molar-refractivity contribution < 1.29 is 4.42 Å². The van der Waals surface area contributed by atoms with Crippen LogP contribution in [-0.2, 0) is 6.54 Å². The number of rotatable bonds is 5. The predicted molar refractivity (Wildman–Crippen MR) is 96.1 cm³/mol. The van der Waals surface area contributed by atoms with Gasteiger partial charge in [-0.1, -0.05) is 25.5 Å². The second-order valence-corrected chi connectivity index (χ2v) is 6.55. The maximum atomic E-state index is 5.59. The van der Waals surface area contributed by atoms with Gasteiger partial charge in [-0.15, -0.1) is 11.3 Å². The summed E-state index contributed by atoms with van der Waals surface area (Å²) in [5, 5.41) is 2.14. The van der Waals surface area contributed by atoms with Gasteiger partial charge in [-0.05, 0) is 49.6 Å². The molecule has 0 saturated carbocycles. The molecule has 0 N–H and O–H groups in total. The summed E-state index contributed by atoms with van der Waals surface area (Å²) in [6, 6.07) is 10.2. The van der Waals surface area contributed by atoms with Crippen LogP contribution in [0.1, 0.15) is 30.9 Å². The van der Waals surface area contributed by atoms with E-state index in [-0.39, 0.29) is 0 Å². The number of thiazole rings is 1. The number of aromatic nitrogens is 1. The first-order valence-electron chi connectivity index (χ1n) is 8.04. The van der Waals surface area contributed by atoms with E-state index >= 15 is 0 Å². The van der Waals surface area contributed by atoms with Crippen LogP contribution in [0.3, 0.4) is 0 Å². The van der Waals surface area contributed by atoms with E-state index in [1.54, 1.807) is 17.6 Å². The molecule has 0 saturated heterocycles. The van der Waals surface area contributed by atoms with Gasteiger partial charge in [0.15, 0.2) is 10.6 Å². The average Bonchev–Trinajstić information content (AvgIpc) is 3.19. The Bertz CT molecular complexity index is 841. The molecule has 0 aliphatic carbocycles. The van der Waals surface area contributed by atoms with Crippen LogP contribution in [-0.4, -0.2) is 4.57 Å². The van der Waals surface area contributed by atoms with Crippen molar-refractivity contribution in [3.05, 3.63) is 57.9 Å². The number of nitrogens with zero attached hydrogens (tertiary/aromatic N) is 2. The number of hydrogen-bond acceptors (Lipinski definition) is 3. The molecule has 0 amide bonds. The standard InChI is InChI=1S/C19H22N2OS/c1-4-5-11-21-17(18-10-7-12-22-18)13-23-19(21)20-16-9-6-8-14(2)15(16)3/h6-10,12-13H,4-5,11H2,1-3H3. The van der Waals surface area contributed by atoms with Gasteiger partial charge in [-0.3, -0.25) is 0 Å². The summed E-state index contributed by atoms with van der Waals surface area (Å²) in [5.74, 6) is 0.903. The highest BCUT2D eigenvalue weighted by molar-refractivity contribution is 7.07. The smallest absolute Gasteiger partial charge is 0.190 e. The van der Waals surface area contributed by atoms with Crippen LogP contribution in [0.25, 0.3) is 11.5 Å². The average molecular weight is 326 g/mol. The lowest BCUT2D eigenvalue weighted by atomic mass is 10.1. The highest BCUT2D eigenvalue weighted by Gasteiger charge is 2.10. The zero-order chi connectivity index (χ0) is 16.2. The number of hydrogen-bond donors (Lipinski definition) is 0. The van der Waals surface area contributed by atoms with Crippen LogP contribution < -0.4 is 4.80 Å². The fourth-order valence-corrected chi connectivity index (χ4v) is 3.46. The minimum Gasteiger partial charge on any atom is -0.463 e. The third-order valence-electron chi connectivity index (χ3n) is 4.10. The number of unbranched alkanes of at least 4 members (excludes halogenated alkanes) is 1. The van der Waals surface area contributed by atoms with Crippen molar-refractivity contribution in [3.63, 3.8) is 0 Å². The molecular formula is C19H22N2OS. The van der Waals surface area contributed by atoms with Crippen LogP contribution in [0.15, 0.2) is 51.4 Å². The van der Waals surface area contributed by atoms with E-state index in [1.165, 1.54) is 11.1 Å². The maximum absolute atomic E-state index is 5.59. The molecule has 3 rings (SSSR count). The Balaban J connectivity index is 2.11. The first-order chi connectivity index (χ1) is 11.2. The van der Waals surface area contributed by atoms with E-state index in [1.807, 2.05) is 12.1 Å². The van der Waals surface area contributed by atoms with Gasteiger partial charge in [0.25, 0.3) is 0 Å². The zero-order valence-corrected chi connectivity index (χ0v) is 14.7. The van der Waals surface area contributed by atoms with Crippen molar-refractivity contribution in [3.8, 4) is 11.5 Å². The summed E-state index contributed by atoms with van der Waals surface area (Å²) < 4.78 is 7.86. The molecule has 2 heterocycles. The van der Waals surface area contributed by atoms with E-state index in [0.29, 0.717) is 0 Å². The highest BCUT2D eigenvalue weighted by atomic mass is 32.1. The van der Waals surface area contributed by atoms with Crippen molar-refractivity contribution in [2.45, 2.75) is 40.2 Å². The van der Waals surface area contributed by atoms with Gasteiger partial charge in [0, 0.05) is 11.9 Å².